The van der Waals surface area contributed by atoms with E-state index in [-0.39, 0.29) is 16.8 Å². The molecule has 1 amide bonds. The van der Waals surface area contributed by atoms with Gasteiger partial charge in [0.05, 0.1) is 4.90 Å². The molecule has 0 bridgehead atoms. The summed E-state index contributed by atoms with van der Waals surface area (Å²) in [4.78, 5) is 13.0. The van der Waals surface area contributed by atoms with E-state index in [0.29, 0.717) is 13.0 Å². The van der Waals surface area contributed by atoms with Crippen molar-refractivity contribution in [3.05, 3.63) is 30.1 Å². The smallest absolute Gasteiger partial charge is 0.243 e. The average Bonchev–Trinajstić information content (AvgIpc) is 2.64. The Balaban J connectivity index is 1.74. The zero-order chi connectivity index (χ0) is 19.3. The fourth-order valence-corrected chi connectivity index (χ4v) is 5.75. The number of rotatable bonds is 4. The van der Waals surface area contributed by atoms with E-state index in [1.807, 2.05) is 0 Å². The van der Waals surface area contributed by atoms with E-state index >= 15 is 0 Å². The number of amides is 1. The number of nitrogens with one attached hydrogen (secondary N) is 1. The first-order valence-corrected chi connectivity index (χ1v) is 11.5. The quantitative estimate of drug-likeness (QED) is 0.846. The fraction of sp³-hybridized carbons (Fsp3) is 0.650. The molecular formula is C20H29FN2O3S. The van der Waals surface area contributed by atoms with Crippen molar-refractivity contribution < 1.29 is 17.6 Å². The molecule has 5 nitrogen and oxygen atoms in total. The molecule has 1 aliphatic carbocycles. The molecule has 3 rings (SSSR count). The molecule has 0 radical (unpaired) electrons. The number of piperidine rings is 1. The third-order valence-corrected chi connectivity index (χ3v) is 7.55. The van der Waals surface area contributed by atoms with E-state index in [0.717, 1.165) is 50.7 Å². The van der Waals surface area contributed by atoms with E-state index in [9.17, 15) is 17.6 Å². The zero-order valence-electron chi connectivity index (χ0n) is 15.7. The minimum Gasteiger partial charge on any atom is -0.352 e. The molecule has 0 spiro atoms. The normalized spacial score (nSPS) is 23.4. The zero-order valence-corrected chi connectivity index (χ0v) is 16.5. The van der Waals surface area contributed by atoms with Gasteiger partial charge in [0.25, 0.3) is 0 Å². The van der Waals surface area contributed by atoms with Crippen LogP contribution < -0.4 is 5.32 Å². The summed E-state index contributed by atoms with van der Waals surface area (Å²) in [6.45, 7) is 0.322. The first-order chi connectivity index (χ1) is 13.0. The van der Waals surface area contributed by atoms with E-state index in [1.165, 1.54) is 35.7 Å². The second kappa shape index (κ2) is 9.15. The number of halogens is 1. The summed E-state index contributed by atoms with van der Waals surface area (Å²) in [7, 11) is -3.82. The Morgan fingerprint density at radius 2 is 1.52 bits per heavy atom. The largest absolute Gasteiger partial charge is 0.352 e. The average molecular weight is 397 g/mol. The van der Waals surface area contributed by atoms with Crippen LogP contribution in [0, 0.1) is 5.82 Å². The van der Waals surface area contributed by atoms with Gasteiger partial charge in [-0.3, -0.25) is 4.79 Å². The van der Waals surface area contributed by atoms with Crippen molar-refractivity contribution in [1.29, 1.82) is 0 Å². The molecule has 0 aromatic heterocycles. The number of nitrogens with zero attached hydrogens (tertiary/aromatic N) is 1. The summed E-state index contributed by atoms with van der Waals surface area (Å²) in [6.07, 6.45) is 9.87. The van der Waals surface area contributed by atoms with Gasteiger partial charge in [0.2, 0.25) is 15.9 Å². The minimum atomic E-state index is -3.82. The van der Waals surface area contributed by atoms with Crippen LogP contribution in [-0.2, 0) is 14.8 Å². The lowest BCUT2D eigenvalue weighted by molar-refractivity contribution is -0.126. The number of hydrogen-bond acceptors (Lipinski definition) is 3. The second-order valence-corrected chi connectivity index (χ2v) is 9.52. The van der Waals surface area contributed by atoms with E-state index in [2.05, 4.69) is 5.32 Å². The maximum absolute atomic E-state index is 13.2. The summed E-state index contributed by atoms with van der Waals surface area (Å²) in [6, 6.07) is 4.27. The van der Waals surface area contributed by atoms with Gasteiger partial charge in [-0.15, -0.1) is 0 Å². The first-order valence-electron chi connectivity index (χ1n) is 10.1. The van der Waals surface area contributed by atoms with Crippen LogP contribution >= 0.6 is 0 Å². The highest BCUT2D eigenvalue weighted by molar-refractivity contribution is 7.89. The number of benzene rings is 1. The molecule has 1 aromatic rings. The van der Waals surface area contributed by atoms with Crippen molar-refractivity contribution in [3.63, 3.8) is 0 Å². The van der Waals surface area contributed by atoms with Gasteiger partial charge in [-0.25, -0.2) is 12.8 Å². The Labute approximate surface area is 161 Å². The van der Waals surface area contributed by atoms with Crippen LogP contribution in [-0.4, -0.2) is 37.3 Å². The molecular weight excluding hydrogens is 367 g/mol. The summed E-state index contributed by atoms with van der Waals surface area (Å²) in [5.74, 6) is -0.669. The van der Waals surface area contributed by atoms with E-state index in [4.69, 9.17) is 0 Å². The lowest BCUT2D eigenvalue weighted by atomic mass is 9.96. The van der Waals surface area contributed by atoms with Crippen molar-refractivity contribution in [2.75, 3.05) is 6.54 Å². The summed E-state index contributed by atoms with van der Waals surface area (Å²) in [5, 5.41) is 3.11. The van der Waals surface area contributed by atoms with Gasteiger partial charge in [0, 0.05) is 12.6 Å². The number of carbonyl (C=O) groups is 1. The lowest BCUT2D eigenvalue weighted by Gasteiger charge is -2.35. The van der Waals surface area contributed by atoms with Crippen LogP contribution in [0.4, 0.5) is 4.39 Å². The summed E-state index contributed by atoms with van der Waals surface area (Å²) < 4.78 is 40.5. The van der Waals surface area contributed by atoms with Crippen molar-refractivity contribution in [3.8, 4) is 0 Å². The van der Waals surface area contributed by atoms with Gasteiger partial charge in [-0.2, -0.15) is 4.31 Å². The van der Waals surface area contributed by atoms with E-state index < -0.39 is 21.9 Å². The summed E-state index contributed by atoms with van der Waals surface area (Å²) >= 11 is 0. The third kappa shape index (κ3) is 5.08. The van der Waals surface area contributed by atoms with E-state index in [1.54, 1.807) is 0 Å². The molecule has 1 saturated carbocycles. The Morgan fingerprint density at radius 1 is 0.926 bits per heavy atom. The monoisotopic (exact) mass is 396 g/mol. The molecule has 1 heterocycles. The predicted molar refractivity (Wildman–Crippen MR) is 102 cm³/mol. The molecule has 1 aromatic carbocycles. The Morgan fingerprint density at radius 3 is 2.19 bits per heavy atom. The highest BCUT2D eigenvalue weighted by Crippen LogP contribution is 2.26. The maximum atomic E-state index is 13.2. The van der Waals surface area contributed by atoms with Gasteiger partial charge in [-0.1, -0.05) is 38.5 Å². The van der Waals surface area contributed by atoms with Crippen LogP contribution in [0.5, 0.6) is 0 Å². The molecule has 150 valence electrons. The molecule has 1 aliphatic heterocycles. The molecule has 1 unspecified atom stereocenters. The molecule has 2 fully saturated rings. The third-order valence-electron chi connectivity index (χ3n) is 5.63. The van der Waals surface area contributed by atoms with Gasteiger partial charge in [0.1, 0.15) is 11.9 Å². The van der Waals surface area contributed by atoms with Crippen molar-refractivity contribution in [1.82, 2.24) is 9.62 Å². The van der Waals surface area contributed by atoms with Gasteiger partial charge < -0.3 is 5.32 Å². The number of sulfonamides is 1. The topological polar surface area (TPSA) is 66.5 Å². The molecule has 7 heteroatoms. The number of hydrogen-bond donors (Lipinski definition) is 1. The fourth-order valence-electron chi connectivity index (χ4n) is 4.09. The second-order valence-electron chi connectivity index (χ2n) is 7.63. The van der Waals surface area contributed by atoms with Crippen LogP contribution in [0.1, 0.15) is 64.2 Å². The van der Waals surface area contributed by atoms with Crippen molar-refractivity contribution in [2.24, 2.45) is 0 Å². The maximum Gasteiger partial charge on any atom is 0.243 e. The SMILES string of the molecule is O=C(NC1CCCCCCC1)C1CCCCN1S(=O)(=O)c1ccc(F)cc1. The Bertz CT molecular complexity index is 728. The van der Waals surface area contributed by atoms with Crippen molar-refractivity contribution >= 4 is 15.9 Å². The minimum absolute atomic E-state index is 0.0366. The lowest BCUT2D eigenvalue weighted by Crippen LogP contribution is -2.53. The van der Waals surface area contributed by atoms with Gasteiger partial charge in [-0.05, 0) is 49.9 Å². The summed E-state index contributed by atoms with van der Waals surface area (Å²) in [5.41, 5.74) is 0. The van der Waals surface area contributed by atoms with Gasteiger partial charge in [0.15, 0.2) is 0 Å². The van der Waals surface area contributed by atoms with Crippen LogP contribution in [0.3, 0.4) is 0 Å². The number of carbonyl (C=O) groups excluding carboxylic acids is 1. The highest BCUT2D eigenvalue weighted by Gasteiger charge is 2.38. The Kier molecular flexibility index (Phi) is 6.87. The first kappa shape index (κ1) is 20.3. The molecule has 27 heavy (non-hydrogen) atoms. The van der Waals surface area contributed by atoms with Crippen molar-refractivity contribution in [2.45, 2.75) is 81.2 Å². The van der Waals surface area contributed by atoms with Gasteiger partial charge >= 0.3 is 0 Å². The Hall–Kier alpha value is -1.47. The predicted octanol–water partition coefficient (Wildman–Crippen LogP) is 3.60. The molecule has 2 aliphatic rings. The molecule has 1 N–H and O–H groups in total. The van der Waals surface area contributed by atoms with Crippen LogP contribution in [0.25, 0.3) is 0 Å². The van der Waals surface area contributed by atoms with Crippen LogP contribution in [0.15, 0.2) is 29.2 Å². The molecule has 1 saturated heterocycles. The standard InChI is InChI=1S/C20H29FN2O3S/c21-16-11-13-18(14-12-16)27(25,26)23-15-7-6-10-19(23)20(24)22-17-8-4-2-1-3-5-9-17/h11-14,17,19H,1-10,15H2,(H,22,24). The molecule has 1 atom stereocenters. The highest BCUT2D eigenvalue weighted by atomic mass is 32.2. The van der Waals surface area contributed by atoms with Crippen LogP contribution in [0.2, 0.25) is 0 Å².